The molecule has 0 aliphatic carbocycles. The fourth-order valence-corrected chi connectivity index (χ4v) is 1.78. The molecule has 0 radical (unpaired) electrons. The number of carbonyl (C=O) groups is 1. The number of carbonyl (C=O) groups excluding carboxylic acids is 1. The molecule has 0 unspecified atom stereocenters. The molecule has 0 aliphatic rings. The summed E-state index contributed by atoms with van der Waals surface area (Å²) in [7, 11) is 0. The van der Waals surface area contributed by atoms with E-state index >= 15 is 0 Å². The van der Waals surface area contributed by atoms with Gasteiger partial charge >= 0.3 is 0 Å². The Balaban J connectivity index is 2.43. The lowest BCUT2D eigenvalue weighted by Crippen LogP contribution is -2.23. The predicted octanol–water partition coefficient (Wildman–Crippen LogP) is 1.60. The number of thiol groups is 1. The van der Waals surface area contributed by atoms with E-state index in [2.05, 4.69) is 17.9 Å². The van der Waals surface area contributed by atoms with Crippen molar-refractivity contribution in [1.29, 1.82) is 0 Å². The summed E-state index contributed by atoms with van der Waals surface area (Å²) in [5.41, 5.74) is 1.24. The Labute approximate surface area is 81.4 Å². The van der Waals surface area contributed by atoms with E-state index in [1.807, 2.05) is 18.4 Å². The van der Waals surface area contributed by atoms with Crippen molar-refractivity contribution in [2.24, 2.45) is 0 Å². The van der Waals surface area contributed by atoms with Gasteiger partial charge in [-0.25, -0.2) is 0 Å². The fraction of sp³-hybridized carbons (Fsp3) is 0.375. The molecular weight excluding hydrogens is 190 g/mol. The second kappa shape index (κ2) is 4.52. The van der Waals surface area contributed by atoms with Gasteiger partial charge in [-0.1, -0.05) is 0 Å². The van der Waals surface area contributed by atoms with Crippen LogP contribution in [-0.2, 0) is 11.3 Å². The van der Waals surface area contributed by atoms with Crippen molar-refractivity contribution < 1.29 is 4.79 Å². The Morgan fingerprint density at radius 2 is 2.50 bits per heavy atom. The van der Waals surface area contributed by atoms with Gasteiger partial charge < -0.3 is 5.32 Å². The van der Waals surface area contributed by atoms with Crippen molar-refractivity contribution in [3.05, 3.63) is 21.9 Å². The monoisotopic (exact) mass is 201 g/mol. The number of hydrogen-bond acceptors (Lipinski definition) is 3. The van der Waals surface area contributed by atoms with Gasteiger partial charge in [-0.15, -0.1) is 11.3 Å². The first kappa shape index (κ1) is 9.61. The maximum Gasteiger partial charge on any atom is 0.230 e. The molecule has 1 rings (SSSR count). The van der Waals surface area contributed by atoms with Gasteiger partial charge in [0.2, 0.25) is 5.91 Å². The van der Waals surface area contributed by atoms with E-state index in [1.54, 1.807) is 11.3 Å². The van der Waals surface area contributed by atoms with Crippen LogP contribution in [-0.4, -0.2) is 11.7 Å². The molecule has 1 aromatic heterocycles. The van der Waals surface area contributed by atoms with Crippen LogP contribution in [0.2, 0.25) is 0 Å². The van der Waals surface area contributed by atoms with Crippen molar-refractivity contribution in [2.75, 3.05) is 5.75 Å². The highest BCUT2D eigenvalue weighted by atomic mass is 32.1. The van der Waals surface area contributed by atoms with Crippen molar-refractivity contribution in [2.45, 2.75) is 13.5 Å². The third kappa shape index (κ3) is 2.53. The molecule has 12 heavy (non-hydrogen) atoms. The van der Waals surface area contributed by atoms with Crippen LogP contribution in [0.4, 0.5) is 0 Å². The van der Waals surface area contributed by atoms with Crippen LogP contribution in [0, 0.1) is 6.92 Å². The van der Waals surface area contributed by atoms with Gasteiger partial charge in [0, 0.05) is 4.88 Å². The van der Waals surface area contributed by atoms with E-state index in [0.29, 0.717) is 6.54 Å². The smallest absolute Gasteiger partial charge is 0.230 e. The van der Waals surface area contributed by atoms with Gasteiger partial charge in [-0.05, 0) is 23.9 Å². The number of amides is 1. The number of aryl methyl sites for hydroxylation is 1. The van der Waals surface area contributed by atoms with Crippen LogP contribution in [0.15, 0.2) is 11.4 Å². The van der Waals surface area contributed by atoms with Crippen LogP contribution < -0.4 is 5.32 Å². The molecule has 0 saturated carbocycles. The summed E-state index contributed by atoms with van der Waals surface area (Å²) >= 11 is 5.53. The average Bonchev–Trinajstić information content (AvgIpc) is 2.47. The number of hydrogen-bond donors (Lipinski definition) is 2. The summed E-state index contributed by atoms with van der Waals surface area (Å²) in [5.74, 6) is 0.232. The Kier molecular flexibility index (Phi) is 3.62. The zero-order chi connectivity index (χ0) is 8.97. The first-order valence-electron chi connectivity index (χ1n) is 3.64. The standard InChI is InChI=1S/C8H11NOS2/c1-6-2-3-12-7(6)4-9-8(10)5-11/h2-3,11H,4-5H2,1H3,(H,9,10). The molecule has 0 saturated heterocycles. The topological polar surface area (TPSA) is 29.1 Å². The molecule has 1 aromatic rings. The average molecular weight is 201 g/mol. The van der Waals surface area contributed by atoms with Gasteiger partial charge in [0.05, 0.1) is 12.3 Å². The zero-order valence-electron chi connectivity index (χ0n) is 6.83. The Morgan fingerprint density at radius 3 is 3.00 bits per heavy atom. The van der Waals surface area contributed by atoms with Gasteiger partial charge in [-0.3, -0.25) is 4.79 Å². The summed E-state index contributed by atoms with van der Waals surface area (Å²) in [4.78, 5) is 12.0. The predicted molar refractivity (Wildman–Crippen MR) is 54.8 cm³/mol. The largest absolute Gasteiger partial charge is 0.350 e. The first-order chi connectivity index (χ1) is 5.74. The van der Waals surface area contributed by atoms with Gasteiger partial charge in [0.15, 0.2) is 0 Å². The van der Waals surface area contributed by atoms with E-state index in [0.717, 1.165) is 0 Å². The Morgan fingerprint density at radius 1 is 1.75 bits per heavy atom. The number of nitrogens with one attached hydrogen (secondary N) is 1. The maximum atomic E-state index is 10.8. The van der Waals surface area contributed by atoms with E-state index in [1.165, 1.54) is 10.4 Å². The highest BCUT2D eigenvalue weighted by Gasteiger charge is 2.01. The van der Waals surface area contributed by atoms with Crippen molar-refractivity contribution in [3.63, 3.8) is 0 Å². The Hall–Kier alpha value is -0.480. The van der Waals surface area contributed by atoms with E-state index in [-0.39, 0.29) is 11.7 Å². The molecule has 4 heteroatoms. The van der Waals surface area contributed by atoms with Crippen LogP contribution >= 0.6 is 24.0 Å². The summed E-state index contributed by atoms with van der Waals surface area (Å²) in [6.45, 7) is 2.67. The molecule has 2 nitrogen and oxygen atoms in total. The molecular formula is C8H11NOS2. The molecule has 1 heterocycles. The molecule has 0 atom stereocenters. The van der Waals surface area contributed by atoms with Gasteiger partial charge in [0.25, 0.3) is 0 Å². The number of rotatable bonds is 3. The second-order valence-corrected chi connectivity index (χ2v) is 3.78. The summed E-state index contributed by atoms with van der Waals surface area (Å²) in [6, 6.07) is 2.05. The zero-order valence-corrected chi connectivity index (χ0v) is 8.54. The molecule has 1 amide bonds. The third-order valence-corrected chi connectivity index (χ3v) is 2.87. The third-order valence-electron chi connectivity index (χ3n) is 1.56. The SMILES string of the molecule is Cc1ccsc1CNC(=O)CS. The van der Waals surface area contributed by atoms with Crippen molar-refractivity contribution >= 4 is 29.9 Å². The fourth-order valence-electron chi connectivity index (χ4n) is 0.820. The Bertz CT molecular complexity index is 270. The minimum absolute atomic E-state index is 0.0221. The quantitative estimate of drug-likeness (QED) is 0.715. The van der Waals surface area contributed by atoms with E-state index in [9.17, 15) is 4.79 Å². The lowest BCUT2D eigenvalue weighted by Gasteiger charge is -2.01. The first-order valence-corrected chi connectivity index (χ1v) is 5.15. The minimum atomic E-state index is -0.0221. The molecule has 0 spiro atoms. The molecule has 1 N–H and O–H groups in total. The highest BCUT2D eigenvalue weighted by molar-refractivity contribution is 7.81. The highest BCUT2D eigenvalue weighted by Crippen LogP contribution is 2.14. The molecule has 0 bridgehead atoms. The van der Waals surface area contributed by atoms with Crippen LogP contribution in [0.25, 0.3) is 0 Å². The normalized spacial score (nSPS) is 9.83. The van der Waals surface area contributed by atoms with E-state index < -0.39 is 0 Å². The summed E-state index contributed by atoms with van der Waals surface area (Å²) < 4.78 is 0. The van der Waals surface area contributed by atoms with Crippen LogP contribution in [0.5, 0.6) is 0 Å². The van der Waals surface area contributed by atoms with E-state index in [4.69, 9.17) is 0 Å². The van der Waals surface area contributed by atoms with Gasteiger partial charge in [0.1, 0.15) is 0 Å². The molecule has 0 fully saturated rings. The lowest BCUT2D eigenvalue weighted by atomic mass is 10.3. The summed E-state index contributed by atoms with van der Waals surface area (Å²) in [6.07, 6.45) is 0. The lowest BCUT2D eigenvalue weighted by molar-refractivity contribution is -0.118. The van der Waals surface area contributed by atoms with Crippen molar-refractivity contribution in [1.82, 2.24) is 5.32 Å². The molecule has 0 aromatic carbocycles. The summed E-state index contributed by atoms with van der Waals surface area (Å²) in [5, 5.41) is 4.80. The maximum absolute atomic E-state index is 10.8. The van der Waals surface area contributed by atoms with Crippen LogP contribution in [0.3, 0.4) is 0 Å². The van der Waals surface area contributed by atoms with Crippen molar-refractivity contribution in [3.8, 4) is 0 Å². The van der Waals surface area contributed by atoms with Gasteiger partial charge in [-0.2, -0.15) is 12.6 Å². The molecule has 0 aliphatic heterocycles. The van der Waals surface area contributed by atoms with Crippen LogP contribution in [0.1, 0.15) is 10.4 Å². The number of thiophene rings is 1. The second-order valence-electron chi connectivity index (χ2n) is 2.46. The minimum Gasteiger partial charge on any atom is -0.350 e. The molecule has 66 valence electrons.